The van der Waals surface area contributed by atoms with Gasteiger partial charge in [0.1, 0.15) is 12.4 Å². The molecule has 0 atom stereocenters. The Morgan fingerprint density at radius 1 is 1.08 bits per heavy atom. The highest BCUT2D eigenvalue weighted by molar-refractivity contribution is 7.09. The molecule has 0 unspecified atom stereocenters. The zero-order valence-electron chi connectivity index (χ0n) is 12.9. The first kappa shape index (κ1) is 16.6. The molecule has 0 fully saturated rings. The minimum absolute atomic E-state index is 0.0898. The van der Waals surface area contributed by atoms with Crippen LogP contribution in [0.4, 0.5) is 0 Å². The van der Waals surface area contributed by atoms with Gasteiger partial charge in [0.05, 0.1) is 6.54 Å². The van der Waals surface area contributed by atoms with Gasteiger partial charge in [-0.3, -0.25) is 4.79 Å². The molecule has 0 spiro atoms. The molecule has 1 N–H and O–H groups in total. The van der Waals surface area contributed by atoms with Crippen molar-refractivity contribution in [3.8, 4) is 5.75 Å². The van der Waals surface area contributed by atoms with Crippen molar-refractivity contribution >= 4 is 28.8 Å². The summed E-state index contributed by atoms with van der Waals surface area (Å²) >= 11 is 7.56. The molecule has 1 heterocycles. The fourth-order valence-corrected chi connectivity index (χ4v) is 3.03. The van der Waals surface area contributed by atoms with Gasteiger partial charge in [0.2, 0.25) is 0 Å². The molecule has 0 aliphatic heterocycles. The van der Waals surface area contributed by atoms with Crippen LogP contribution in [0.15, 0.2) is 66.0 Å². The number of carbonyl (C=O) groups excluding carboxylic acids is 1. The molecule has 3 nitrogen and oxygen atoms in total. The lowest BCUT2D eigenvalue weighted by Crippen LogP contribution is -2.22. The monoisotopic (exact) mass is 357 g/mol. The van der Waals surface area contributed by atoms with Crippen LogP contribution in [-0.2, 0) is 13.2 Å². The molecule has 0 saturated carbocycles. The van der Waals surface area contributed by atoms with E-state index in [1.807, 2.05) is 47.8 Å². The number of hydrogen-bond acceptors (Lipinski definition) is 3. The average molecular weight is 358 g/mol. The van der Waals surface area contributed by atoms with Gasteiger partial charge in [-0.05, 0) is 47.3 Å². The maximum absolute atomic E-state index is 12.2. The first-order valence-corrected chi connectivity index (χ1v) is 8.74. The quantitative estimate of drug-likeness (QED) is 0.680. The third-order valence-electron chi connectivity index (χ3n) is 3.39. The lowest BCUT2D eigenvalue weighted by molar-refractivity contribution is 0.0951. The van der Waals surface area contributed by atoms with Crippen molar-refractivity contribution in [1.29, 1.82) is 0 Å². The third-order valence-corrected chi connectivity index (χ3v) is 4.51. The Morgan fingerprint density at radius 2 is 1.96 bits per heavy atom. The summed E-state index contributed by atoms with van der Waals surface area (Å²) in [7, 11) is 0. The standard InChI is InChI=1S/C19H16ClNO2S/c20-16-6-2-7-17(11-16)23-13-14-4-1-5-15(10-14)19(22)21-12-18-8-3-9-24-18/h1-11H,12-13H2,(H,21,22). The van der Waals surface area contributed by atoms with E-state index in [0.717, 1.165) is 10.4 Å². The molecule has 0 bridgehead atoms. The summed E-state index contributed by atoms with van der Waals surface area (Å²) in [6.45, 7) is 0.923. The second kappa shape index (κ2) is 7.99. The molecule has 24 heavy (non-hydrogen) atoms. The summed E-state index contributed by atoms with van der Waals surface area (Å²) in [6.07, 6.45) is 0. The average Bonchev–Trinajstić information content (AvgIpc) is 3.12. The fourth-order valence-electron chi connectivity index (χ4n) is 2.21. The van der Waals surface area contributed by atoms with Gasteiger partial charge in [-0.25, -0.2) is 0 Å². The van der Waals surface area contributed by atoms with Gasteiger partial charge < -0.3 is 10.1 Å². The van der Waals surface area contributed by atoms with Gasteiger partial charge in [-0.1, -0.05) is 35.9 Å². The predicted octanol–water partition coefficient (Wildman–Crippen LogP) is 4.91. The van der Waals surface area contributed by atoms with E-state index in [4.69, 9.17) is 16.3 Å². The topological polar surface area (TPSA) is 38.3 Å². The highest BCUT2D eigenvalue weighted by atomic mass is 35.5. The SMILES string of the molecule is O=C(NCc1cccs1)c1cccc(COc2cccc(Cl)c2)c1. The second-order valence-corrected chi connectivity index (χ2v) is 6.68. The Hall–Kier alpha value is -2.30. The van der Waals surface area contributed by atoms with Crippen LogP contribution >= 0.6 is 22.9 Å². The van der Waals surface area contributed by atoms with Crippen molar-refractivity contribution in [2.24, 2.45) is 0 Å². The maximum Gasteiger partial charge on any atom is 0.251 e. The van der Waals surface area contributed by atoms with Gasteiger partial charge in [0, 0.05) is 15.5 Å². The van der Waals surface area contributed by atoms with E-state index in [0.29, 0.717) is 29.5 Å². The molecule has 122 valence electrons. The van der Waals surface area contributed by atoms with Crippen LogP contribution in [0.25, 0.3) is 0 Å². The van der Waals surface area contributed by atoms with Crippen LogP contribution in [0.3, 0.4) is 0 Å². The number of benzene rings is 2. The summed E-state index contributed by atoms with van der Waals surface area (Å²) < 4.78 is 5.71. The fraction of sp³-hybridized carbons (Fsp3) is 0.105. The first-order chi connectivity index (χ1) is 11.7. The predicted molar refractivity (Wildman–Crippen MR) is 97.7 cm³/mol. The lowest BCUT2D eigenvalue weighted by atomic mass is 10.1. The number of nitrogens with one attached hydrogen (secondary N) is 1. The van der Waals surface area contributed by atoms with E-state index >= 15 is 0 Å². The maximum atomic E-state index is 12.2. The Morgan fingerprint density at radius 3 is 2.75 bits per heavy atom. The zero-order chi connectivity index (χ0) is 16.8. The van der Waals surface area contributed by atoms with E-state index in [1.54, 1.807) is 29.5 Å². The third kappa shape index (κ3) is 4.60. The number of halogens is 1. The van der Waals surface area contributed by atoms with Gasteiger partial charge in [0.25, 0.3) is 5.91 Å². The van der Waals surface area contributed by atoms with E-state index in [-0.39, 0.29) is 5.91 Å². The molecule has 3 rings (SSSR count). The van der Waals surface area contributed by atoms with Crippen LogP contribution in [0, 0.1) is 0 Å². The van der Waals surface area contributed by atoms with Crippen molar-refractivity contribution < 1.29 is 9.53 Å². The molecule has 5 heteroatoms. The smallest absolute Gasteiger partial charge is 0.251 e. The summed E-state index contributed by atoms with van der Waals surface area (Å²) in [6, 6.07) is 18.7. The molecular weight excluding hydrogens is 342 g/mol. The van der Waals surface area contributed by atoms with Gasteiger partial charge in [0.15, 0.2) is 0 Å². The lowest BCUT2D eigenvalue weighted by Gasteiger charge is -2.08. The molecule has 0 radical (unpaired) electrons. The van der Waals surface area contributed by atoms with Gasteiger partial charge >= 0.3 is 0 Å². The minimum Gasteiger partial charge on any atom is -0.489 e. The molecule has 1 amide bonds. The molecule has 0 aliphatic carbocycles. The van der Waals surface area contributed by atoms with E-state index < -0.39 is 0 Å². The molecule has 0 saturated heterocycles. The number of carbonyl (C=O) groups is 1. The Bertz CT molecular complexity index is 818. The van der Waals surface area contributed by atoms with Crippen LogP contribution in [0.1, 0.15) is 20.8 Å². The van der Waals surface area contributed by atoms with Crippen molar-refractivity contribution in [2.45, 2.75) is 13.2 Å². The summed E-state index contributed by atoms with van der Waals surface area (Å²) in [5, 5.41) is 5.55. The summed E-state index contributed by atoms with van der Waals surface area (Å²) in [4.78, 5) is 13.4. The number of hydrogen-bond donors (Lipinski definition) is 1. The van der Waals surface area contributed by atoms with Gasteiger partial charge in [-0.2, -0.15) is 0 Å². The van der Waals surface area contributed by atoms with E-state index in [2.05, 4.69) is 5.32 Å². The zero-order valence-corrected chi connectivity index (χ0v) is 14.4. The van der Waals surface area contributed by atoms with Crippen LogP contribution in [-0.4, -0.2) is 5.91 Å². The number of ether oxygens (including phenoxy) is 1. The van der Waals surface area contributed by atoms with E-state index in [1.165, 1.54) is 0 Å². The molecule has 3 aromatic rings. The molecular formula is C19H16ClNO2S. The second-order valence-electron chi connectivity index (χ2n) is 5.21. The Labute approximate surface area is 149 Å². The van der Waals surface area contributed by atoms with E-state index in [9.17, 15) is 4.79 Å². The highest BCUT2D eigenvalue weighted by Gasteiger charge is 2.07. The number of thiophene rings is 1. The van der Waals surface area contributed by atoms with Crippen molar-refractivity contribution in [1.82, 2.24) is 5.32 Å². The highest BCUT2D eigenvalue weighted by Crippen LogP contribution is 2.18. The summed E-state index contributed by atoms with van der Waals surface area (Å²) in [5.74, 6) is 0.614. The van der Waals surface area contributed by atoms with Crippen molar-refractivity contribution in [3.63, 3.8) is 0 Å². The first-order valence-electron chi connectivity index (χ1n) is 7.48. The largest absolute Gasteiger partial charge is 0.489 e. The normalized spacial score (nSPS) is 10.4. The van der Waals surface area contributed by atoms with Crippen molar-refractivity contribution in [3.05, 3.63) is 87.1 Å². The Kier molecular flexibility index (Phi) is 5.51. The minimum atomic E-state index is -0.0898. The van der Waals surface area contributed by atoms with Crippen molar-refractivity contribution in [2.75, 3.05) is 0 Å². The molecule has 1 aromatic heterocycles. The number of rotatable bonds is 6. The molecule has 0 aliphatic rings. The summed E-state index contributed by atoms with van der Waals surface area (Å²) in [5.41, 5.74) is 1.55. The van der Waals surface area contributed by atoms with Crippen LogP contribution in [0.5, 0.6) is 5.75 Å². The number of amides is 1. The molecule has 2 aromatic carbocycles. The van der Waals surface area contributed by atoms with Gasteiger partial charge in [-0.15, -0.1) is 11.3 Å². The van der Waals surface area contributed by atoms with Crippen LogP contribution < -0.4 is 10.1 Å². The van der Waals surface area contributed by atoms with Crippen LogP contribution in [0.2, 0.25) is 5.02 Å². The Balaban J connectivity index is 1.60.